The first-order valence-corrected chi connectivity index (χ1v) is 4.74. The van der Waals surface area contributed by atoms with E-state index in [9.17, 15) is 0 Å². The fourth-order valence-electron chi connectivity index (χ4n) is 1.48. The summed E-state index contributed by atoms with van der Waals surface area (Å²) in [6.45, 7) is 1.92. The zero-order chi connectivity index (χ0) is 11.1. The molecule has 3 aromatic rings. The highest BCUT2D eigenvalue weighted by Crippen LogP contribution is 2.16. The fraction of sp³-hybridized carbons (Fsp3) is 0.111. The summed E-state index contributed by atoms with van der Waals surface area (Å²) in [5, 5.41) is 6.43. The molecule has 0 spiro atoms. The largest absolute Gasteiger partial charge is 0.366 e. The van der Waals surface area contributed by atoms with Gasteiger partial charge in [0.25, 0.3) is 0 Å². The molecule has 0 amide bonds. The number of aromatic amines is 2. The summed E-state index contributed by atoms with van der Waals surface area (Å²) in [5.41, 5.74) is 7.86. The number of fused-ring (bicyclic) bond motifs is 1. The summed E-state index contributed by atoms with van der Waals surface area (Å²) in [7, 11) is 0. The second-order valence-corrected chi connectivity index (χ2v) is 3.45. The number of hydrogen-bond acceptors (Lipinski definition) is 5. The van der Waals surface area contributed by atoms with E-state index in [4.69, 9.17) is 5.73 Å². The highest BCUT2D eigenvalue weighted by Gasteiger charge is 2.09. The number of anilines is 1. The first-order chi connectivity index (χ1) is 7.72. The van der Waals surface area contributed by atoms with Gasteiger partial charge >= 0.3 is 0 Å². The molecule has 7 nitrogen and oxygen atoms in total. The maximum Gasteiger partial charge on any atom is 0.239 e. The standard InChI is InChI=1S/C9H9N7/c1-4-2-3-5-6(11-4)13-7(12-5)8-14-9(10)16-15-8/h2-3H,1H3,(H,11,12,13)(H3,10,14,15,16). The lowest BCUT2D eigenvalue weighted by Gasteiger charge is -1.88. The second kappa shape index (κ2) is 3.02. The molecule has 3 aromatic heterocycles. The van der Waals surface area contributed by atoms with Crippen LogP contribution in [0.1, 0.15) is 5.69 Å². The molecular weight excluding hydrogens is 206 g/mol. The van der Waals surface area contributed by atoms with Gasteiger partial charge in [-0.2, -0.15) is 4.98 Å². The molecule has 0 aliphatic rings. The Labute approximate surface area is 90.1 Å². The van der Waals surface area contributed by atoms with E-state index in [2.05, 4.69) is 30.1 Å². The van der Waals surface area contributed by atoms with E-state index in [0.717, 1.165) is 11.2 Å². The normalized spacial score (nSPS) is 11.1. The van der Waals surface area contributed by atoms with Gasteiger partial charge in [-0.25, -0.2) is 9.97 Å². The van der Waals surface area contributed by atoms with Crippen molar-refractivity contribution in [2.75, 3.05) is 5.73 Å². The van der Waals surface area contributed by atoms with Gasteiger partial charge in [-0.3, -0.25) is 5.10 Å². The predicted octanol–water partition coefficient (Wildman–Crippen LogP) is 0.634. The molecular formula is C9H9N7. The van der Waals surface area contributed by atoms with Gasteiger partial charge < -0.3 is 10.7 Å². The first-order valence-electron chi connectivity index (χ1n) is 4.74. The molecule has 0 unspecified atom stereocenters. The zero-order valence-electron chi connectivity index (χ0n) is 8.52. The van der Waals surface area contributed by atoms with Crippen molar-refractivity contribution in [2.45, 2.75) is 6.92 Å². The predicted molar refractivity (Wildman–Crippen MR) is 58.4 cm³/mol. The lowest BCUT2D eigenvalue weighted by molar-refractivity contribution is 1.08. The van der Waals surface area contributed by atoms with Crippen molar-refractivity contribution in [3.05, 3.63) is 17.8 Å². The highest BCUT2D eigenvalue weighted by atomic mass is 15.3. The molecule has 4 N–H and O–H groups in total. The summed E-state index contributed by atoms with van der Waals surface area (Å²) >= 11 is 0. The Morgan fingerprint density at radius 1 is 1.12 bits per heavy atom. The third-order valence-electron chi connectivity index (χ3n) is 2.21. The number of aryl methyl sites for hydroxylation is 1. The minimum absolute atomic E-state index is 0.194. The molecule has 0 atom stereocenters. The van der Waals surface area contributed by atoms with Crippen LogP contribution in [0.3, 0.4) is 0 Å². The molecule has 0 radical (unpaired) electrons. The van der Waals surface area contributed by atoms with Crippen LogP contribution in [0, 0.1) is 6.92 Å². The maximum absolute atomic E-state index is 5.42. The van der Waals surface area contributed by atoms with Crippen LogP contribution in [0.4, 0.5) is 5.95 Å². The molecule has 0 bridgehead atoms. The van der Waals surface area contributed by atoms with Crippen molar-refractivity contribution < 1.29 is 0 Å². The molecule has 3 heterocycles. The third kappa shape index (κ3) is 1.29. The summed E-state index contributed by atoms with van der Waals surface area (Å²) in [6, 6.07) is 3.84. The molecule has 0 saturated carbocycles. The van der Waals surface area contributed by atoms with Crippen LogP contribution in [0.15, 0.2) is 12.1 Å². The van der Waals surface area contributed by atoms with E-state index in [1.54, 1.807) is 0 Å². The third-order valence-corrected chi connectivity index (χ3v) is 2.21. The maximum atomic E-state index is 5.42. The molecule has 80 valence electrons. The average Bonchev–Trinajstić information content (AvgIpc) is 2.83. The van der Waals surface area contributed by atoms with Gasteiger partial charge in [0.1, 0.15) is 0 Å². The Balaban J connectivity index is 2.18. The number of nitrogens with zero attached hydrogens (tertiary/aromatic N) is 4. The van der Waals surface area contributed by atoms with Gasteiger partial charge in [0.05, 0.1) is 5.52 Å². The van der Waals surface area contributed by atoms with Crippen LogP contribution in [0.25, 0.3) is 22.8 Å². The van der Waals surface area contributed by atoms with E-state index in [-0.39, 0.29) is 5.95 Å². The topological polar surface area (TPSA) is 109 Å². The Morgan fingerprint density at radius 3 is 2.75 bits per heavy atom. The molecule has 0 saturated heterocycles. The van der Waals surface area contributed by atoms with Crippen LogP contribution < -0.4 is 5.73 Å². The highest BCUT2D eigenvalue weighted by molar-refractivity contribution is 5.74. The number of imidazole rings is 1. The van der Waals surface area contributed by atoms with Crippen LogP contribution in [0.5, 0.6) is 0 Å². The van der Waals surface area contributed by atoms with Crippen molar-refractivity contribution in [1.29, 1.82) is 0 Å². The van der Waals surface area contributed by atoms with Crippen molar-refractivity contribution in [2.24, 2.45) is 0 Å². The van der Waals surface area contributed by atoms with E-state index >= 15 is 0 Å². The molecule has 7 heteroatoms. The summed E-state index contributed by atoms with van der Waals surface area (Å²) in [5.74, 6) is 1.28. The van der Waals surface area contributed by atoms with Crippen molar-refractivity contribution in [3.8, 4) is 11.6 Å². The minimum atomic E-state index is 0.194. The molecule has 3 rings (SSSR count). The number of nitrogens with one attached hydrogen (secondary N) is 2. The quantitative estimate of drug-likeness (QED) is 0.551. The van der Waals surface area contributed by atoms with E-state index < -0.39 is 0 Å². The number of hydrogen-bond donors (Lipinski definition) is 3. The lowest BCUT2D eigenvalue weighted by atomic mass is 10.4. The van der Waals surface area contributed by atoms with Crippen molar-refractivity contribution >= 4 is 17.1 Å². The number of aromatic nitrogens is 6. The molecule has 0 aliphatic heterocycles. The number of nitrogen functional groups attached to an aromatic ring is 1. The molecule has 16 heavy (non-hydrogen) atoms. The van der Waals surface area contributed by atoms with Gasteiger partial charge in [0, 0.05) is 5.69 Å². The van der Waals surface area contributed by atoms with E-state index in [1.165, 1.54) is 0 Å². The van der Waals surface area contributed by atoms with Gasteiger partial charge in [0.2, 0.25) is 5.95 Å². The van der Waals surface area contributed by atoms with Crippen LogP contribution in [-0.4, -0.2) is 30.1 Å². The monoisotopic (exact) mass is 215 g/mol. The van der Waals surface area contributed by atoms with Gasteiger partial charge in [-0.05, 0) is 19.1 Å². The SMILES string of the molecule is Cc1ccc2[nH]c(-c3nc(N)n[nH]3)nc2n1. The second-order valence-electron chi connectivity index (χ2n) is 3.45. The first kappa shape index (κ1) is 8.84. The smallest absolute Gasteiger partial charge is 0.239 e. The van der Waals surface area contributed by atoms with E-state index in [1.807, 2.05) is 19.1 Å². The molecule has 0 aliphatic carbocycles. The summed E-state index contributed by atoms with van der Waals surface area (Å²) in [4.78, 5) is 15.7. The van der Waals surface area contributed by atoms with Gasteiger partial charge in [-0.1, -0.05) is 0 Å². The van der Waals surface area contributed by atoms with Gasteiger partial charge in [-0.15, -0.1) is 5.10 Å². The minimum Gasteiger partial charge on any atom is -0.366 e. The Morgan fingerprint density at radius 2 is 2.00 bits per heavy atom. The Hall–Kier alpha value is -2.44. The molecule has 0 fully saturated rings. The number of pyridine rings is 1. The van der Waals surface area contributed by atoms with Crippen molar-refractivity contribution in [1.82, 2.24) is 30.1 Å². The summed E-state index contributed by atoms with van der Waals surface area (Å²) < 4.78 is 0. The van der Waals surface area contributed by atoms with Crippen LogP contribution >= 0.6 is 0 Å². The fourth-order valence-corrected chi connectivity index (χ4v) is 1.48. The average molecular weight is 215 g/mol. The van der Waals surface area contributed by atoms with Gasteiger partial charge in [0.15, 0.2) is 17.3 Å². The van der Waals surface area contributed by atoms with Crippen molar-refractivity contribution in [3.63, 3.8) is 0 Å². The number of rotatable bonds is 1. The van der Waals surface area contributed by atoms with Crippen LogP contribution in [0.2, 0.25) is 0 Å². The Bertz CT molecular complexity index is 651. The number of H-pyrrole nitrogens is 2. The Kier molecular flexibility index (Phi) is 1.67. The summed E-state index contributed by atoms with van der Waals surface area (Å²) in [6.07, 6.45) is 0. The van der Waals surface area contributed by atoms with Crippen LogP contribution in [-0.2, 0) is 0 Å². The van der Waals surface area contributed by atoms with E-state index in [0.29, 0.717) is 17.3 Å². The molecule has 0 aromatic carbocycles. The zero-order valence-corrected chi connectivity index (χ0v) is 8.52. The lowest BCUT2D eigenvalue weighted by Crippen LogP contribution is -1.86. The number of nitrogens with two attached hydrogens (primary N) is 1.